The van der Waals surface area contributed by atoms with Gasteiger partial charge in [-0.15, -0.1) is 0 Å². The lowest BCUT2D eigenvalue weighted by Crippen LogP contribution is -2.39. The maximum Gasteiger partial charge on any atom is 0.333 e. The van der Waals surface area contributed by atoms with Gasteiger partial charge in [-0.25, -0.2) is 4.79 Å². The molecule has 90 valence electrons. The summed E-state index contributed by atoms with van der Waals surface area (Å²) in [5.74, 6) is 0.171. The molecule has 0 aliphatic heterocycles. The first-order valence-corrected chi connectivity index (χ1v) is 6.03. The minimum atomic E-state index is -0.346. The summed E-state index contributed by atoms with van der Waals surface area (Å²) in [6.07, 6.45) is 8.44. The van der Waals surface area contributed by atoms with Crippen molar-refractivity contribution in [2.45, 2.75) is 52.1 Å². The molecule has 0 spiro atoms. The first-order valence-electron chi connectivity index (χ1n) is 6.03. The van der Waals surface area contributed by atoms with Gasteiger partial charge in [-0.05, 0) is 39.5 Å². The van der Waals surface area contributed by atoms with Gasteiger partial charge in [0, 0.05) is 11.5 Å². The summed E-state index contributed by atoms with van der Waals surface area (Å²) in [7, 11) is 0. The van der Waals surface area contributed by atoms with Crippen LogP contribution in [0.15, 0.2) is 24.3 Å². The predicted molar refractivity (Wildman–Crippen MR) is 66.1 cm³/mol. The fourth-order valence-electron chi connectivity index (χ4n) is 2.09. The summed E-state index contributed by atoms with van der Waals surface area (Å²) >= 11 is 0. The van der Waals surface area contributed by atoms with Crippen molar-refractivity contribution in [3.8, 4) is 0 Å². The number of allylic oxidation sites excluding steroid dienone is 2. The normalized spacial score (nSPS) is 23.6. The Morgan fingerprint density at radius 2 is 2.25 bits per heavy atom. The van der Waals surface area contributed by atoms with Gasteiger partial charge in [0.05, 0.1) is 0 Å². The molecule has 16 heavy (non-hydrogen) atoms. The zero-order chi connectivity index (χ0) is 12.2. The molecular weight excluding hydrogens is 200 g/mol. The van der Waals surface area contributed by atoms with Gasteiger partial charge in [0.15, 0.2) is 0 Å². The number of carbonyl (C=O) groups is 1. The van der Waals surface area contributed by atoms with E-state index in [1.165, 1.54) is 0 Å². The molecule has 0 fully saturated rings. The van der Waals surface area contributed by atoms with Gasteiger partial charge in [-0.2, -0.15) is 0 Å². The molecule has 2 unspecified atom stereocenters. The Labute approximate surface area is 98.4 Å². The van der Waals surface area contributed by atoms with Crippen molar-refractivity contribution < 1.29 is 9.53 Å². The Hall–Kier alpha value is -1.05. The van der Waals surface area contributed by atoms with Crippen LogP contribution >= 0.6 is 0 Å². The Morgan fingerprint density at radius 3 is 2.69 bits per heavy atom. The molecular formula is C14H22O2. The Balaban J connectivity index is 2.72. The lowest BCUT2D eigenvalue weighted by molar-refractivity contribution is -0.159. The lowest BCUT2D eigenvalue weighted by atomic mass is 9.79. The van der Waals surface area contributed by atoms with Crippen molar-refractivity contribution in [3.05, 3.63) is 24.3 Å². The summed E-state index contributed by atoms with van der Waals surface area (Å²) in [6.45, 7) is 9.44. The molecule has 0 amide bonds. The van der Waals surface area contributed by atoms with Crippen LogP contribution in [0.2, 0.25) is 0 Å². The molecule has 0 bridgehead atoms. The van der Waals surface area contributed by atoms with Crippen LogP contribution in [0, 0.1) is 5.92 Å². The molecule has 1 rings (SSSR count). The Morgan fingerprint density at radius 1 is 1.56 bits per heavy atom. The van der Waals surface area contributed by atoms with Crippen LogP contribution in [0.5, 0.6) is 0 Å². The molecule has 0 saturated heterocycles. The first kappa shape index (κ1) is 13.0. The highest BCUT2D eigenvalue weighted by molar-refractivity contribution is 5.87. The summed E-state index contributed by atoms with van der Waals surface area (Å²) in [6, 6.07) is 0. The summed E-state index contributed by atoms with van der Waals surface area (Å²) < 4.78 is 5.62. The molecule has 2 nitrogen and oxygen atoms in total. The van der Waals surface area contributed by atoms with E-state index >= 15 is 0 Å². The van der Waals surface area contributed by atoms with E-state index in [1.54, 1.807) is 6.92 Å². The zero-order valence-electron chi connectivity index (χ0n) is 10.6. The maximum absolute atomic E-state index is 11.6. The SMILES string of the molecule is C=C(C)C(=O)OC(C)(CC)C1CC=CCC1. The van der Waals surface area contributed by atoms with Crippen molar-refractivity contribution >= 4 is 5.97 Å². The molecule has 0 aromatic carbocycles. The molecule has 0 radical (unpaired) electrons. The number of hydrogen-bond acceptors (Lipinski definition) is 2. The van der Waals surface area contributed by atoms with E-state index in [-0.39, 0.29) is 11.6 Å². The van der Waals surface area contributed by atoms with Gasteiger partial charge in [0.1, 0.15) is 5.60 Å². The quantitative estimate of drug-likeness (QED) is 0.412. The van der Waals surface area contributed by atoms with Gasteiger partial charge in [-0.1, -0.05) is 25.7 Å². The van der Waals surface area contributed by atoms with E-state index in [0.717, 1.165) is 25.7 Å². The summed E-state index contributed by atoms with van der Waals surface area (Å²) in [5.41, 5.74) is 0.131. The van der Waals surface area contributed by atoms with Gasteiger partial charge in [-0.3, -0.25) is 0 Å². The smallest absolute Gasteiger partial charge is 0.333 e. The minimum absolute atomic E-state index is 0.265. The van der Waals surface area contributed by atoms with E-state index in [2.05, 4.69) is 25.7 Å². The van der Waals surface area contributed by atoms with E-state index < -0.39 is 0 Å². The number of hydrogen-bond donors (Lipinski definition) is 0. The fraction of sp³-hybridized carbons (Fsp3) is 0.643. The third-order valence-electron chi connectivity index (χ3n) is 3.51. The molecule has 0 heterocycles. The van der Waals surface area contributed by atoms with Crippen LogP contribution in [-0.2, 0) is 9.53 Å². The average molecular weight is 222 g/mol. The lowest BCUT2D eigenvalue weighted by Gasteiger charge is -2.37. The molecule has 0 saturated carbocycles. The highest BCUT2D eigenvalue weighted by atomic mass is 16.6. The number of ether oxygens (including phenoxy) is 1. The highest BCUT2D eigenvalue weighted by Gasteiger charge is 2.36. The van der Waals surface area contributed by atoms with Gasteiger partial charge in [0.2, 0.25) is 0 Å². The van der Waals surface area contributed by atoms with Crippen LogP contribution in [0.4, 0.5) is 0 Å². The van der Waals surface area contributed by atoms with Crippen molar-refractivity contribution in [1.82, 2.24) is 0 Å². The topological polar surface area (TPSA) is 26.3 Å². The van der Waals surface area contributed by atoms with E-state index in [1.807, 2.05) is 6.92 Å². The van der Waals surface area contributed by atoms with Crippen LogP contribution in [0.1, 0.15) is 46.5 Å². The first-order chi connectivity index (χ1) is 7.49. The van der Waals surface area contributed by atoms with Gasteiger partial charge < -0.3 is 4.74 Å². The molecule has 1 aliphatic rings. The summed E-state index contributed by atoms with van der Waals surface area (Å²) in [4.78, 5) is 11.6. The third kappa shape index (κ3) is 2.97. The molecule has 0 aromatic heterocycles. The second kappa shape index (κ2) is 5.33. The Bertz CT molecular complexity index is 304. The molecule has 2 atom stereocenters. The molecule has 0 aromatic rings. The van der Waals surface area contributed by atoms with Crippen LogP contribution in [-0.4, -0.2) is 11.6 Å². The van der Waals surface area contributed by atoms with E-state index in [4.69, 9.17) is 4.74 Å². The number of rotatable bonds is 4. The third-order valence-corrected chi connectivity index (χ3v) is 3.51. The molecule has 1 aliphatic carbocycles. The summed E-state index contributed by atoms with van der Waals surface area (Å²) in [5, 5.41) is 0. The van der Waals surface area contributed by atoms with E-state index in [0.29, 0.717) is 11.5 Å². The fourth-order valence-corrected chi connectivity index (χ4v) is 2.09. The van der Waals surface area contributed by atoms with Crippen LogP contribution in [0.3, 0.4) is 0 Å². The van der Waals surface area contributed by atoms with Crippen molar-refractivity contribution in [2.75, 3.05) is 0 Å². The second-order valence-corrected chi connectivity index (χ2v) is 4.82. The van der Waals surface area contributed by atoms with E-state index in [9.17, 15) is 4.79 Å². The van der Waals surface area contributed by atoms with Gasteiger partial charge >= 0.3 is 5.97 Å². The van der Waals surface area contributed by atoms with Crippen molar-refractivity contribution in [1.29, 1.82) is 0 Å². The minimum Gasteiger partial charge on any atom is -0.456 e. The molecule has 2 heteroatoms. The van der Waals surface area contributed by atoms with Crippen molar-refractivity contribution in [3.63, 3.8) is 0 Å². The zero-order valence-corrected chi connectivity index (χ0v) is 10.6. The number of carbonyl (C=O) groups excluding carboxylic acids is 1. The highest BCUT2D eigenvalue weighted by Crippen LogP contribution is 2.35. The van der Waals surface area contributed by atoms with Gasteiger partial charge in [0.25, 0.3) is 0 Å². The standard InChI is InChI=1S/C14H22O2/c1-5-14(4,16-13(15)11(2)3)12-9-7-6-8-10-12/h6-7,12H,2,5,8-10H2,1,3-4H3. The predicted octanol–water partition coefficient (Wildman–Crippen LogP) is 3.63. The van der Waals surface area contributed by atoms with Crippen molar-refractivity contribution in [2.24, 2.45) is 5.92 Å². The second-order valence-electron chi connectivity index (χ2n) is 4.82. The van der Waals surface area contributed by atoms with Crippen LogP contribution in [0.25, 0.3) is 0 Å². The van der Waals surface area contributed by atoms with Crippen LogP contribution < -0.4 is 0 Å². The largest absolute Gasteiger partial charge is 0.456 e. The maximum atomic E-state index is 11.6. The monoisotopic (exact) mass is 222 g/mol. The molecule has 0 N–H and O–H groups in total. The average Bonchev–Trinajstić information content (AvgIpc) is 2.29. The number of esters is 1. The Kier molecular flexibility index (Phi) is 4.34.